The van der Waals surface area contributed by atoms with Crippen molar-refractivity contribution in [2.24, 2.45) is 0 Å². The Morgan fingerprint density at radius 2 is 1.84 bits per heavy atom. The monoisotopic (exact) mass is 526 g/mol. The predicted octanol–water partition coefficient (Wildman–Crippen LogP) is 0.335. The summed E-state index contributed by atoms with van der Waals surface area (Å²) >= 11 is 0. The molecule has 2 rings (SSSR count). The van der Waals surface area contributed by atoms with Crippen molar-refractivity contribution < 1.29 is 38.6 Å². The van der Waals surface area contributed by atoms with Gasteiger partial charge in [0.25, 0.3) is 0 Å². The molecule has 0 unspecified atom stereocenters. The van der Waals surface area contributed by atoms with Crippen LogP contribution in [0.3, 0.4) is 0 Å². The molecule has 0 radical (unpaired) electrons. The number of rotatable bonds is 7. The molecule has 12 heteroatoms. The molecule has 2 aliphatic rings. The van der Waals surface area contributed by atoms with Gasteiger partial charge in [-0.15, -0.1) is 0 Å². The van der Waals surface area contributed by atoms with Crippen LogP contribution in [0.25, 0.3) is 0 Å². The van der Waals surface area contributed by atoms with Crippen molar-refractivity contribution in [1.29, 1.82) is 0 Å². The number of carbonyl (C=O) groups is 5. The smallest absolute Gasteiger partial charge is 0.328 e. The molecule has 4 N–H and O–H groups in total. The molecule has 0 aromatic heterocycles. The van der Waals surface area contributed by atoms with E-state index in [2.05, 4.69) is 22.9 Å². The number of aliphatic carboxylic acids is 1. The zero-order valence-corrected chi connectivity index (χ0v) is 22.0. The summed E-state index contributed by atoms with van der Waals surface area (Å²) in [5.74, 6) is -3.07. The lowest BCUT2D eigenvalue weighted by molar-refractivity contribution is -0.145. The van der Waals surface area contributed by atoms with Gasteiger partial charge in [0.05, 0.1) is 19.8 Å². The second-order valence-electron chi connectivity index (χ2n) is 9.85. The zero-order chi connectivity index (χ0) is 27.3. The van der Waals surface area contributed by atoms with Crippen molar-refractivity contribution in [3.63, 3.8) is 0 Å². The first-order valence-electron chi connectivity index (χ1n) is 13.3. The molecule has 0 aliphatic carbocycles. The molecular formula is C25H42N4O8. The first kappa shape index (κ1) is 30.5. The van der Waals surface area contributed by atoms with Crippen LogP contribution in [0.15, 0.2) is 0 Å². The summed E-state index contributed by atoms with van der Waals surface area (Å²) in [6.07, 6.45) is 6.15. The Labute approximate surface area is 218 Å². The van der Waals surface area contributed by atoms with Crippen LogP contribution in [0, 0.1) is 0 Å². The fourth-order valence-corrected chi connectivity index (χ4v) is 4.36. The van der Waals surface area contributed by atoms with Gasteiger partial charge in [-0.25, -0.2) is 4.79 Å². The Bertz CT molecular complexity index is 808. The second-order valence-corrected chi connectivity index (χ2v) is 9.85. The lowest BCUT2D eigenvalue weighted by Crippen LogP contribution is -2.61. The Morgan fingerprint density at radius 1 is 1.11 bits per heavy atom. The summed E-state index contributed by atoms with van der Waals surface area (Å²) in [5, 5.41) is 17.3. The van der Waals surface area contributed by atoms with E-state index in [0.29, 0.717) is 45.3 Å². The fourth-order valence-electron chi connectivity index (χ4n) is 4.36. The average Bonchev–Trinajstić information content (AvgIpc) is 3.35. The molecule has 0 aromatic carbocycles. The highest BCUT2D eigenvalue weighted by molar-refractivity contribution is 5.95. The number of fused-ring (bicyclic) bond motifs is 1. The summed E-state index contributed by atoms with van der Waals surface area (Å²) in [4.78, 5) is 64.3. The molecule has 0 bridgehead atoms. The van der Waals surface area contributed by atoms with Gasteiger partial charge in [-0.3, -0.25) is 19.2 Å². The Balaban J connectivity index is 2.10. The molecule has 2 aliphatic heterocycles. The molecule has 12 nitrogen and oxygen atoms in total. The highest BCUT2D eigenvalue weighted by atomic mass is 16.5. The van der Waals surface area contributed by atoms with E-state index in [4.69, 9.17) is 9.47 Å². The van der Waals surface area contributed by atoms with Crippen molar-refractivity contribution >= 4 is 29.6 Å². The molecule has 0 aromatic rings. The molecule has 37 heavy (non-hydrogen) atoms. The minimum atomic E-state index is -1.37. The quantitative estimate of drug-likeness (QED) is 0.345. The van der Waals surface area contributed by atoms with Gasteiger partial charge >= 0.3 is 5.97 Å². The number of nitrogens with zero attached hydrogens (tertiary/aromatic N) is 1. The van der Waals surface area contributed by atoms with Crippen molar-refractivity contribution in [2.45, 2.75) is 89.3 Å². The van der Waals surface area contributed by atoms with Crippen LogP contribution in [0.1, 0.15) is 71.6 Å². The molecule has 0 saturated carbocycles. The van der Waals surface area contributed by atoms with Gasteiger partial charge in [0, 0.05) is 26.2 Å². The Morgan fingerprint density at radius 3 is 2.54 bits per heavy atom. The number of hydrogen-bond donors (Lipinski definition) is 4. The number of amides is 4. The van der Waals surface area contributed by atoms with Crippen molar-refractivity contribution in [3.8, 4) is 0 Å². The SMILES string of the molecule is CCCCCCC(=O)N[C@]1(C)COCCCCOC[C@@H](C(=O)O)NC(=O)[C@@H]2CCCN2C(=O)CNC1=O. The van der Waals surface area contributed by atoms with Gasteiger partial charge in [-0.2, -0.15) is 0 Å². The number of carbonyl (C=O) groups excluding carboxylic acids is 4. The van der Waals surface area contributed by atoms with Crippen LogP contribution < -0.4 is 16.0 Å². The van der Waals surface area contributed by atoms with E-state index in [-0.39, 0.29) is 32.3 Å². The number of nitrogens with one attached hydrogen (secondary N) is 3. The van der Waals surface area contributed by atoms with Gasteiger partial charge in [0.15, 0.2) is 6.04 Å². The van der Waals surface area contributed by atoms with E-state index in [1.807, 2.05) is 0 Å². The summed E-state index contributed by atoms with van der Waals surface area (Å²) in [5.41, 5.74) is -1.37. The maximum atomic E-state index is 13.1. The second kappa shape index (κ2) is 15.5. The van der Waals surface area contributed by atoms with Crippen molar-refractivity contribution in [3.05, 3.63) is 0 Å². The van der Waals surface area contributed by atoms with Crippen LogP contribution in [0.4, 0.5) is 0 Å². The normalized spacial score (nSPS) is 26.9. The fraction of sp³-hybridized carbons (Fsp3) is 0.800. The van der Waals surface area contributed by atoms with Gasteiger partial charge < -0.3 is 35.4 Å². The third-order valence-corrected chi connectivity index (χ3v) is 6.57. The average molecular weight is 527 g/mol. The lowest BCUT2D eigenvalue weighted by atomic mass is 10.0. The van der Waals surface area contributed by atoms with Crippen molar-refractivity contribution in [2.75, 3.05) is 39.5 Å². The highest BCUT2D eigenvalue weighted by Gasteiger charge is 2.38. The predicted molar refractivity (Wildman–Crippen MR) is 133 cm³/mol. The molecule has 2 fully saturated rings. The highest BCUT2D eigenvalue weighted by Crippen LogP contribution is 2.18. The minimum Gasteiger partial charge on any atom is -0.480 e. The van der Waals surface area contributed by atoms with E-state index in [1.54, 1.807) is 6.92 Å². The molecule has 3 atom stereocenters. The molecule has 210 valence electrons. The van der Waals surface area contributed by atoms with Crippen LogP contribution in [0.5, 0.6) is 0 Å². The number of carboxylic acid groups (broad SMARTS) is 1. The van der Waals surface area contributed by atoms with Gasteiger partial charge in [0.1, 0.15) is 11.6 Å². The number of unbranched alkanes of at least 4 members (excludes halogenated alkanes) is 3. The Kier molecular flexibility index (Phi) is 12.8. The molecule has 2 heterocycles. The molecule has 4 amide bonds. The van der Waals surface area contributed by atoms with E-state index < -0.39 is 41.3 Å². The summed E-state index contributed by atoms with van der Waals surface area (Å²) in [7, 11) is 0. The third-order valence-electron chi connectivity index (χ3n) is 6.57. The van der Waals surface area contributed by atoms with E-state index >= 15 is 0 Å². The van der Waals surface area contributed by atoms with Crippen molar-refractivity contribution in [1.82, 2.24) is 20.9 Å². The number of carboxylic acids is 1. The maximum Gasteiger partial charge on any atom is 0.328 e. The summed E-state index contributed by atoms with van der Waals surface area (Å²) in [6, 6.07) is -2.06. The maximum absolute atomic E-state index is 13.1. The topological polar surface area (TPSA) is 163 Å². The molecule has 2 saturated heterocycles. The van der Waals surface area contributed by atoms with Crippen LogP contribution in [-0.4, -0.2) is 96.7 Å². The largest absolute Gasteiger partial charge is 0.480 e. The summed E-state index contributed by atoms with van der Waals surface area (Å²) < 4.78 is 11.1. The standard InChI is InChI=1S/C25H42N4O8/c1-3-4-5-6-11-20(30)28-25(2)17-37-14-8-7-13-36-16-18(23(33)34)27-22(32)19-10-9-12-29(19)21(31)15-26-24(25)35/h18-19H,3-17H2,1-2H3,(H,26,35)(H,27,32)(H,28,30)(H,33,34)/t18-,19-,25+/m0/s1. The van der Waals surface area contributed by atoms with Gasteiger partial charge in [-0.05, 0) is 39.0 Å². The zero-order valence-electron chi connectivity index (χ0n) is 22.0. The summed E-state index contributed by atoms with van der Waals surface area (Å²) in [6.45, 7) is 3.89. The van der Waals surface area contributed by atoms with Gasteiger partial charge in [-0.1, -0.05) is 26.2 Å². The number of hydrogen-bond acceptors (Lipinski definition) is 7. The van der Waals surface area contributed by atoms with E-state index in [1.165, 1.54) is 4.90 Å². The lowest BCUT2D eigenvalue weighted by Gasteiger charge is -2.30. The van der Waals surface area contributed by atoms with Crippen LogP contribution >= 0.6 is 0 Å². The third kappa shape index (κ3) is 9.92. The van der Waals surface area contributed by atoms with E-state index in [9.17, 15) is 29.1 Å². The van der Waals surface area contributed by atoms with Crippen LogP contribution in [-0.2, 0) is 33.4 Å². The Hall–Kier alpha value is -2.73. The van der Waals surface area contributed by atoms with Gasteiger partial charge in [0.2, 0.25) is 23.6 Å². The van der Waals surface area contributed by atoms with Crippen LogP contribution in [0.2, 0.25) is 0 Å². The molecule has 0 spiro atoms. The molecular weight excluding hydrogens is 484 g/mol. The first-order chi connectivity index (χ1) is 17.7. The first-order valence-corrected chi connectivity index (χ1v) is 13.3. The minimum absolute atomic E-state index is 0.0790. The number of ether oxygens (including phenoxy) is 2. The van der Waals surface area contributed by atoms with E-state index in [0.717, 1.165) is 25.7 Å².